The zero-order chi connectivity index (χ0) is 21.3. The molecule has 0 bridgehead atoms. The van der Waals surface area contributed by atoms with E-state index in [0.717, 1.165) is 0 Å². The minimum Gasteiger partial charge on any atom is -0.480 e. The van der Waals surface area contributed by atoms with Gasteiger partial charge in [-0.15, -0.1) is 0 Å². The lowest BCUT2D eigenvalue weighted by Crippen LogP contribution is -2.53. The number of carbonyl (C=O) groups is 4. The molecule has 3 atom stereocenters. The van der Waals surface area contributed by atoms with Gasteiger partial charge in [0.05, 0.1) is 12.6 Å². The molecule has 0 aliphatic carbocycles. The average molecular weight is 399 g/mol. The van der Waals surface area contributed by atoms with Gasteiger partial charge in [0.25, 0.3) is 0 Å². The van der Waals surface area contributed by atoms with Crippen molar-refractivity contribution in [3.8, 4) is 0 Å². The Morgan fingerprint density at radius 2 is 1.93 bits per heavy atom. The summed E-state index contributed by atoms with van der Waals surface area (Å²) < 4.78 is 0. The van der Waals surface area contributed by atoms with Crippen LogP contribution in [0.15, 0.2) is 4.99 Å². The predicted octanol–water partition coefficient (Wildman–Crippen LogP) is -2.94. The smallest absolute Gasteiger partial charge is 0.326 e. The highest BCUT2D eigenvalue weighted by molar-refractivity contribution is 5.92. The van der Waals surface area contributed by atoms with E-state index in [1.807, 2.05) is 0 Å². The molecule has 3 amide bonds. The number of carbonyl (C=O) groups excluding carboxylic acids is 3. The van der Waals surface area contributed by atoms with E-state index in [0.29, 0.717) is 25.8 Å². The van der Waals surface area contributed by atoms with Crippen LogP contribution >= 0.6 is 0 Å². The van der Waals surface area contributed by atoms with E-state index in [4.69, 9.17) is 22.3 Å². The normalized spacial score (nSPS) is 18.1. The largest absolute Gasteiger partial charge is 0.480 e. The number of guanidine groups is 1. The zero-order valence-corrected chi connectivity index (χ0v) is 15.9. The number of carboxylic acid groups (broad SMARTS) is 1. The molecule has 3 unspecified atom stereocenters. The number of amides is 3. The predicted molar refractivity (Wildman–Crippen MR) is 101 cm³/mol. The Bertz CT molecular complexity index is 619. The lowest BCUT2D eigenvalue weighted by molar-refractivity contribution is -0.148. The highest BCUT2D eigenvalue weighted by Gasteiger charge is 2.34. The summed E-state index contributed by atoms with van der Waals surface area (Å²) in [6.07, 6.45) is 1.62. The van der Waals surface area contributed by atoms with Crippen LogP contribution in [0, 0.1) is 0 Å². The van der Waals surface area contributed by atoms with Crippen LogP contribution in [0.5, 0.6) is 0 Å². The maximum absolute atomic E-state index is 12.4. The molecule has 1 rings (SSSR count). The highest BCUT2D eigenvalue weighted by atomic mass is 16.4. The van der Waals surface area contributed by atoms with E-state index in [9.17, 15) is 19.2 Å². The van der Waals surface area contributed by atoms with Crippen molar-refractivity contribution in [1.82, 2.24) is 15.5 Å². The number of nitrogens with one attached hydrogen (secondary N) is 2. The molecule has 1 aliphatic heterocycles. The summed E-state index contributed by atoms with van der Waals surface area (Å²) >= 11 is 0. The fourth-order valence-electron chi connectivity index (χ4n) is 2.78. The van der Waals surface area contributed by atoms with Crippen LogP contribution in [0.2, 0.25) is 0 Å². The molecule has 28 heavy (non-hydrogen) atoms. The van der Waals surface area contributed by atoms with Crippen LogP contribution in [-0.2, 0) is 19.2 Å². The van der Waals surface area contributed by atoms with E-state index in [1.54, 1.807) is 0 Å². The van der Waals surface area contributed by atoms with Gasteiger partial charge in [0.15, 0.2) is 5.96 Å². The molecular formula is C16H29N7O5. The third-order valence-electron chi connectivity index (χ3n) is 4.26. The van der Waals surface area contributed by atoms with E-state index in [2.05, 4.69) is 15.6 Å². The summed E-state index contributed by atoms with van der Waals surface area (Å²) in [6, 6.07) is -2.61. The average Bonchev–Trinajstić information content (AvgIpc) is 3.11. The fourth-order valence-corrected chi connectivity index (χ4v) is 2.78. The van der Waals surface area contributed by atoms with Crippen LogP contribution in [-0.4, -0.2) is 77.4 Å². The summed E-state index contributed by atoms with van der Waals surface area (Å²) in [7, 11) is 0. The Kier molecular flexibility index (Phi) is 9.15. The molecule has 9 N–H and O–H groups in total. The number of rotatable bonds is 10. The van der Waals surface area contributed by atoms with Gasteiger partial charge in [-0.2, -0.15) is 0 Å². The Morgan fingerprint density at radius 1 is 1.25 bits per heavy atom. The summed E-state index contributed by atoms with van der Waals surface area (Å²) in [6.45, 7) is 1.72. The molecule has 0 spiro atoms. The van der Waals surface area contributed by atoms with Crippen molar-refractivity contribution < 1.29 is 24.3 Å². The number of carboxylic acids is 1. The minimum absolute atomic E-state index is 0.0789. The first-order valence-electron chi connectivity index (χ1n) is 9.04. The zero-order valence-electron chi connectivity index (χ0n) is 15.9. The number of nitrogens with zero attached hydrogens (tertiary/aromatic N) is 2. The first-order chi connectivity index (χ1) is 13.1. The van der Waals surface area contributed by atoms with Crippen LogP contribution in [0.3, 0.4) is 0 Å². The third-order valence-corrected chi connectivity index (χ3v) is 4.26. The third kappa shape index (κ3) is 7.39. The molecule has 0 aromatic rings. The van der Waals surface area contributed by atoms with Gasteiger partial charge < -0.3 is 37.8 Å². The maximum Gasteiger partial charge on any atom is 0.326 e. The molecule has 0 radical (unpaired) electrons. The van der Waals surface area contributed by atoms with Crippen molar-refractivity contribution in [2.45, 2.75) is 50.7 Å². The number of hydrogen-bond acceptors (Lipinski definition) is 6. The summed E-state index contributed by atoms with van der Waals surface area (Å²) in [5.41, 5.74) is 16.0. The van der Waals surface area contributed by atoms with Gasteiger partial charge in [-0.1, -0.05) is 0 Å². The van der Waals surface area contributed by atoms with E-state index >= 15 is 0 Å². The monoisotopic (exact) mass is 399 g/mol. The van der Waals surface area contributed by atoms with Crippen molar-refractivity contribution >= 4 is 29.7 Å². The number of hydrogen-bond donors (Lipinski definition) is 6. The second-order valence-corrected chi connectivity index (χ2v) is 6.60. The van der Waals surface area contributed by atoms with Gasteiger partial charge in [0.2, 0.25) is 17.7 Å². The Morgan fingerprint density at radius 3 is 2.50 bits per heavy atom. The minimum atomic E-state index is -1.07. The first kappa shape index (κ1) is 23.1. The summed E-state index contributed by atoms with van der Waals surface area (Å²) in [5.74, 6) is -2.73. The Labute approximate surface area is 162 Å². The van der Waals surface area contributed by atoms with Gasteiger partial charge in [-0.3, -0.25) is 19.4 Å². The second kappa shape index (κ2) is 11.1. The van der Waals surface area contributed by atoms with E-state index in [1.165, 1.54) is 11.8 Å². The topological polar surface area (TPSA) is 206 Å². The number of aliphatic carboxylic acids is 1. The molecular weight excluding hydrogens is 370 g/mol. The van der Waals surface area contributed by atoms with Gasteiger partial charge >= 0.3 is 5.97 Å². The molecule has 1 fully saturated rings. The lowest BCUT2D eigenvalue weighted by Gasteiger charge is -2.23. The second-order valence-electron chi connectivity index (χ2n) is 6.60. The SMILES string of the molecule is CC(N)C(=O)NC(CCCN=C(N)N)C(=O)NCC(=O)N1CCCC1C(=O)O. The van der Waals surface area contributed by atoms with Crippen molar-refractivity contribution in [1.29, 1.82) is 0 Å². The number of aliphatic imine (C=N–C) groups is 1. The Hall–Kier alpha value is -2.89. The van der Waals surface area contributed by atoms with Gasteiger partial charge in [0.1, 0.15) is 12.1 Å². The lowest BCUT2D eigenvalue weighted by atomic mass is 10.1. The van der Waals surface area contributed by atoms with Gasteiger partial charge in [-0.25, -0.2) is 4.79 Å². The van der Waals surface area contributed by atoms with Crippen LogP contribution in [0.4, 0.5) is 0 Å². The van der Waals surface area contributed by atoms with Crippen molar-refractivity contribution in [3.63, 3.8) is 0 Å². The first-order valence-corrected chi connectivity index (χ1v) is 9.04. The number of likely N-dealkylation sites (tertiary alicyclic amines) is 1. The molecule has 0 saturated carbocycles. The summed E-state index contributed by atoms with van der Waals surface area (Å²) in [4.78, 5) is 52.7. The Balaban J connectivity index is 2.63. The van der Waals surface area contributed by atoms with E-state index in [-0.39, 0.29) is 25.5 Å². The molecule has 12 nitrogen and oxygen atoms in total. The molecule has 0 aromatic heterocycles. The van der Waals surface area contributed by atoms with Crippen molar-refractivity contribution in [3.05, 3.63) is 0 Å². The molecule has 1 saturated heterocycles. The molecule has 0 aromatic carbocycles. The van der Waals surface area contributed by atoms with Crippen LogP contribution in [0.25, 0.3) is 0 Å². The van der Waals surface area contributed by atoms with Gasteiger partial charge in [0, 0.05) is 13.1 Å². The maximum atomic E-state index is 12.4. The highest BCUT2D eigenvalue weighted by Crippen LogP contribution is 2.17. The molecule has 1 heterocycles. The fraction of sp³-hybridized carbons (Fsp3) is 0.688. The quantitative estimate of drug-likeness (QED) is 0.127. The van der Waals surface area contributed by atoms with Crippen molar-refractivity contribution in [2.24, 2.45) is 22.2 Å². The number of nitrogens with two attached hydrogens (primary N) is 3. The van der Waals surface area contributed by atoms with Crippen LogP contribution in [0.1, 0.15) is 32.6 Å². The van der Waals surface area contributed by atoms with E-state index < -0.39 is 41.8 Å². The molecule has 12 heteroatoms. The van der Waals surface area contributed by atoms with Crippen LogP contribution < -0.4 is 27.8 Å². The standard InChI is InChI=1S/C16H29N7O5/c1-9(17)13(25)22-10(4-2-6-20-16(18)19)14(26)21-8-12(24)23-7-3-5-11(23)15(27)28/h9-11H,2-8,17H2,1H3,(H,21,26)(H,22,25)(H,27,28)(H4,18,19,20). The molecule has 1 aliphatic rings. The molecule has 158 valence electrons. The summed E-state index contributed by atoms with van der Waals surface area (Å²) in [5, 5.41) is 14.1. The van der Waals surface area contributed by atoms with Crippen molar-refractivity contribution in [2.75, 3.05) is 19.6 Å². The van der Waals surface area contributed by atoms with Gasteiger partial charge in [-0.05, 0) is 32.6 Å².